The highest BCUT2D eigenvalue weighted by Gasteiger charge is 2.14. The van der Waals surface area contributed by atoms with Crippen LogP contribution < -0.4 is 4.72 Å². The molecule has 2 heterocycles. The molecule has 0 saturated heterocycles. The zero-order valence-corrected chi connectivity index (χ0v) is 11.8. The molecule has 0 unspecified atom stereocenters. The summed E-state index contributed by atoms with van der Waals surface area (Å²) in [6, 6.07) is 4.70. The summed E-state index contributed by atoms with van der Waals surface area (Å²) in [5, 5.41) is 1.84. The van der Waals surface area contributed by atoms with E-state index in [1.54, 1.807) is 12.4 Å². The highest BCUT2D eigenvalue weighted by atomic mass is 32.2. The van der Waals surface area contributed by atoms with Crippen LogP contribution in [0.15, 0.2) is 46.9 Å². The minimum absolute atomic E-state index is 0.0380. The van der Waals surface area contributed by atoms with E-state index < -0.39 is 15.8 Å². The Bertz CT molecular complexity index is 837. The minimum Gasteiger partial charge on any atom is -0.293 e. The highest BCUT2D eigenvalue weighted by Crippen LogP contribution is 2.15. The Morgan fingerprint density at radius 1 is 1.30 bits per heavy atom. The third-order valence-corrected chi connectivity index (χ3v) is 5.10. The number of nitrogens with zero attached hydrogens (tertiary/aromatic N) is 2. The molecule has 0 saturated carbocycles. The number of nitrogens with one attached hydrogen (secondary N) is 1. The molecule has 0 atom stereocenters. The molecule has 0 fully saturated rings. The molecule has 0 spiro atoms. The van der Waals surface area contributed by atoms with Gasteiger partial charge in [-0.05, 0) is 24.3 Å². The van der Waals surface area contributed by atoms with Gasteiger partial charge in [0, 0.05) is 23.5 Å². The average molecular weight is 311 g/mol. The van der Waals surface area contributed by atoms with Crippen molar-refractivity contribution in [2.45, 2.75) is 11.4 Å². The molecule has 0 aliphatic rings. The van der Waals surface area contributed by atoms with Crippen molar-refractivity contribution in [2.24, 2.45) is 0 Å². The number of halogens is 1. The summed E-state index contributed by atoms with van der Waals surface area (Å²) in [6.07, 6.45) is 3.43. The van der Waals surface area contributed by atoms with E-state index in [-0.39, 0.29) is 11.4 Å². The number of aromatic nitrogens is 2. The van der Waals surface area contributed by atoms with E-state index >= 15 is 0 Å². The zero-order valence-electron chi connectivity index (χ0n) is 10.2. The van der Waals surface area contributed by atoms with Crippen molar-refractivity contribution in [3.05, 3.63) is 53.6 Å². The van der Waals surface area contributed by atoms with E-state index in [2.05, 4.69) is 9.71 Å². The summed E-state index contributed by atoms with van der Waals surface area (Å²) in [7, 11) is -3.65. The summed E-state index contributed by atoms with van der Waals surface area (Å²) >= 11 is 1.44. The summed E-state index contributed by atoms with van der Waals surface area (Å²) in [5.74, 6) is -0.470. The van der Waals surface area contributed by atoms with E-state index in [0.717, 1.165) is 22.8 Å². The van der Waals surface area contributed by atoms with Crippen LogP contribution in [0.1, 0.15) is 5.69 Å². The van der Waals surface area contributed by atoms with E-state index in [1.165, 1.54) is 23.5 Å². The third-order valence-electron chi connectivity index (χ3n) is 2.78. The van der Waals surface area contributed by atoms with Crippen LogP contribution >= 0.6 is 11.3 Å². The molecule has 5 nitrogen and oxygen atoms in total. The highest BCUT2D eigenvalue weighted by molar-refractivity contribution is 7.89. The Morgan fingerprint density at radius 3 is 2.80 bits per heavy atom. The Hall–Kier alpha value is -1.77. The van der Waals surface area contributed by atoms with Crippen LogP contribution in [0.5, 0.6) is 0 Å². The van der Waals surface area contributed by atoms with Crippen molar-refractivity contribution in [3.63, 3.8) is 0 Å². The third kappa shape index (κ3) is 2.45. The Morgan fingerprint density at radius 2 is 2.05 bits per heavy atom. The van der Waals surface area contributed by atoms with E-state index in [0.29, 0.717) is 0 Å². The quantitative estimate of drug-likeness (QED) is 0.802. The van der Waals surface area contributed by atoms with Crippen molar-refractivity contribution in [2.75, 3.05) is 0 Å². The molecule has 0 radical (unpaired) electrons. The molecule has 104 valence electrons. The smallest absolute Gasteiger partial charge is 0.240 e. The first kappa shape index (κ1) is 13.2. The van der Waals surface area contributed by atoms with Gasteiger partial charge in [0.2, 0.25) is 10.0 Å². The molecule has 20 heavy (non-hydrogen) atoms. The fourth-order valence-corrected chi connectivity index (χ4v) is 3.62. The van der Waals surface area contributed by atoms with E-state index in [9.17, 15) is 12.8 Å². The molecule has 3 aromatic rings. The molecule has 3 rings (SSSR count). The van der Waals surface area contributed by atoms with Crippen molar-refractivity contribution in [1.82, 2.24) is 14.1 Å². The number of imidazole rings is 1. The number of benzene rings is 1. The second-order valence-corrected chi connectivity index (χ2v) is 6.69. The van der Waals surface area contributed by atoms with Gasteiger partial charge in [0.05, 0.1) is 11.4 Å². The standard InChI is InChI=1S/C12H10FN3O2S2/c13-9-1-3-11(4-2-9)20(17,18)15-7-10-8-19-12-14-5-6-16(10)12/h1-6,8,15H,7H2. The molecule has 0 bridgehead atoms. The lowest BCUT2D eigenvalue weighted by molar-refractivity contribution is 0.579. The number of thiazole rings is 1. The fraction of sp³-hybridized carbons (Fsp3) is 0.0833. The Kier molecular flexibility index (Phi) is 3.28. The average Bonchev–Trinajstić information content (AvgIpc) is 3.00. The van der Waals surface area contributed by atoms with Gasteiger partial charge in [-0.3, -0.25) is 4.40 Å². The molecule has 8 heteroatoms. The van der Waals surface area contributed by atoms with Gasteiger partial charge in [0.15, 0.2) is 4.96 Å². The van der Waals surface area contributed by atoms with Gasteiger partial charge in [-0.15, -0.1) is 11.3 Å². The lowest BCUT2D eigenvalue weighted by atomic mass is 10.4. The van der Waals surface area contributed by atoms with Gasteiger partial charge in [0.1, 0.15) is 5.82 Å². The van der Waals surface area contributed by atoms with E-state index in [1.807, 2.05) is 9.78 Å². The lowest BCUT2D eigenvalue weighted by Crippen LogP contribution is -2.23. The van der Waals surface area contributed by atoms with E-state index in [4.69, 9.17) is 0 Å². The van der Waals surface area contributed by atoms with Gasteiger partial charge in [-0.2, -0.15) is 0 Å². The van der Waals surface area contributed by atoms with Crippen LogP contribution in [0.25, 0.3) is 4.96 Å². The molecule has 0 aliphatic heterocycles. The molecule has 2 aromatic heterocycles. The molecule has 0 aliphatic carbocycles. The first-order chi connectivity index (χ1) is 9.56. The van der Waals surface area contributed by atoms with Crippen LogP contribution in [0.4, 0.5) is 4.39 Å². The maximum Gasteiger partial charge on any atom is 0.240 e. The monoisotopic (exact) mass is 311 g/mol. The maximum absolute atomic E-state index is 12.8. The second-order valence-electron chi connectivity index (χ2n) is 4.09. The first-order valence-electron chi connectivity index (χ1n) is 5.71. The van der Waals surface area contributed by atoms with Gasteiger partial charge < -0.3 is 0 Å². The van der Waals surface area contributed by atoms with Gasteiger partial charge in [-0.1, -0.05) is 0 Å². The normalized spacial score (nSPS) is 12.1. The van der Waals surface area contributed by atoms with Gasteiger partial charge in [0.25, 0.3) is 0 Å². The predicted molar refractivity (Wildman–Crippen MR) is 73.5 cm³/mol. The molecule has 1 N–H and O–H groups in total. The summed E-state index contributed by atoms with van der Waals surface area (Å²) in [5.41, 5.74) is 0.799. The van der Waals surface area contributed by atoms with Crippen molar-refractivity contribution in [1.29, 1.82) is 0 Å². The summed E-state index contributed by atoms with van der Waals surface area (Å²) < 4.78 is 41.2. The number of rotatable bonds is 4. The molecule has 1 aromatic carbocycles. The molecule has 0 amide bonds. The van der Waals surface area contributed by atoms with Crippen LogP contribution in [0.2, 0.25) is 0 Å². The van der Waals surface area contributed by atoms with Crippen molar-refractivity contribution < 1.29 is 12.8 Å². The minimum atomic E-state index is -3.65. The Labute approximate surface area is 118 Å². The largest absolute Gasteiger partial charge is 0.293 e. The predicted octanol–water partition coefficient (Wildman–Crippen LogP) is 2.01. The SMILES string of the molecule is O=S(=O)(NCc1csc2nccn12)c1ccc(F)cc1. The van der Waals surface area contributed by atoms with Crippen molar-refractivity contribution >= 4 is 26.3 Å². The second kappa shape index (κ2) is 4.97. The summed E-state index contributed by atoms with van der Waals surface area (Å²) in [4.78, 5) is 4.96. The van der Waals surface area contributed by atoms with Gasteiger partial charge in [-0.25, -0.2) is 22.5 Å². The summed E-state index contributed by atoms with van der Waals surface area (Å²) in [6.45, 7) is 0.149. The molecular weight excluding hydrogens is 301 g/mol. The topological polar surface area (TPSA) is 63.5 Å². The fourth-order valence-electron chi connectivity index (χ4n) is 1.77. The number of hydrogen-bond acceptors (Lipinski definition) is 4. The number of fused-ring (bicyclic) bond motifs is 1. The zero-order chi connectivity index (χ0) is 14.2. The van der Waals surface area contributed by atoms with Crippen LogP contribution in [-0.4, -0.2) is 17.8 Å². The van der Waals surface area contributed by atoms with Crippen LogP contribution in [0.3, 0.4) is 0 Å². The number of hydrogen-bond donors (Lipinski definition) is 1. The maximum atomic E-state index is 12.8. The number of sulfonamides is 1. The lowest BCUT2D eigenvalue weighted by Gasteiger charge is -2.06. The molecular formula is C12H10FN3O2S2. The van der Waals surface area contributed by atoms with Crippen LogP contribution in [0, 0.1) is 5.82 Å². The van der Waals surface area contributed by atoms with Crippen LogP contribution in [-0.2, 0) is 16.6 Å². The van der Waals surface area contributed by atoms with Crippen molar-refractivity contribution in [3.8, 4) is 0 Å². The van der Waals surface area contributed by atoms with Gasteiger partial charge >= 0.3 is 0 Å². The first-order valence-corrected chi connectivity index (χ1v) is 8.07. The Balaban J connectivity index is 1.80.